The first-order chi connectivity index (χ1) is 4.68. The van der Waals surface area contributed by atoms with Gasteiger partial charge in [0, 0.05) is 0 Å². The summed E-state index contributed by atoms with van der Waals surface area (Å²) in [5.74, 6) is 1.75. The Labute approximate surface area is 59.3 Å². The molecule has 0 bridgehead atoms. The van der Waals surface area contributed by atoms with Crippen LogP contribution >= 0.6 is 0 Å². The van der Waals surface area contributed by atoms with Crippen molar-refractivity contribution in [2.24, 2.45) is 5.73 Å². The number of hydrogen-bond acceptors (Lipinski definition) is 2. The largest absolute Gasteiger partial charge is 0.466 e. The maximum Gasteiger partial charge on any atom is 0.111 e. The quantitative estimate of drug-likeness (QED) is 0.474. The second-order valence-electron chi connectivity index (χ2n) is 2.21. The minimum Gasteiger partial charge on any atom is -0.466 e. The van der Waals surface area contributed by atoms with Gasteiger partial charge in [0.15, 0.2) is 0 Å². The van der Waals surface area contributed by atoms with Crippen LogP contribution in [0.4, 0.5) is 0 Å². The maximum absolute atomic E-state index is 6.96. The minimum absolute atomic E-state index is 0.134. The summed E-state index contributed by atoms with van der Waals surface area (Å²) >= 11 is 0. The van der Waals surface area contributed by atoms with Crippen LogP contribution in [0.2, 0.25) is 0 Å². The molecule has 3 heteroatoms. The molecular weight excluding hydrogens is 128 g/mol. The molecule has 0 saturated heterocycles. The third-order valence-corrected chi connectivity index (χ3v) is 1.16. The molecule has 1 aromatic heterocycles. The normalized spacial score (nSPS) is 9.70. The first-order valence-electron chi connectivity index (χ1n) is 3.06. The minimum atomic E-state index is 0.134. The molecule has 0 spiro atoms. The van der Waals surface area contributed by atoms with E-state index in [0.717, 1.165) is 11.5 Å². The van der Waals surface area contributed by atoms with Gasteiger partial charge in [-0.15, -0.1) is 0 Å². The standard InChI is InChI=1S/C7H10N2O/c1-5-2-3-6(10-5)4-7(8)9/h2-3H,4H2,1H3,(H3,8,9). The van der Waals surface area contributed by atoms with Gasteiger partial charge in [-0.2, -0.15) is 0 Å². The lowest BCUT2D eigenvalue weighted by atomic mass is 10.3. The molecule has 0 aliphatic carbocycles. The molecule has 3 N–H and O–H groups in total. The number of aryl methyl sites for hydroxylation is 1. The molecule has 0 aromatic carbocycles. The van der Waals surface area contributed by atoms with Crippen molar-refractivity contribution in [2.75, 3.05) is 0 Å². The Morgan fingerprint density at radius 3 is 2.80 bits per heavy atom. The van der Waals surface area contributed by atoms with Crippen molar-refractivity contribution in [3.05, 3.63) is 23.7 Å². The molecule has 1 aromatic rings. The van der Waals surface area contributed by atoms with Gasteiger partial charge >= 0.3 is 0 Å². The average Bonchev–Trinajstić information content (AvgIpc) is 2.13. The molecule has 0 amide bonds. The highest BCUT2D eigenvalue weighted by molar-refractivity contribution is 5.78. The molecule has 0 saturated carbocycles. The van der Waals surface area contributed by atoms with Crippen LogP contribution in [-0.4, -0.2) is 5.84 Å². The first kappa shape index (κ1) is 6.86. The van der Waals surface area contributed by atoms with Crippen molar-refractivity contribution in [3.63, 3.8) is 0 Å². The van der Waals surface area contributed by atoms with Crippen LogP contribution in [0.5, 0.6) is 0 Å². The van der Waals surface area contributed by atoms with Gasteiger partial charge < -0.3 is 10.2 Å². The Kier molecular flexibility index (Phi) is 1.76. The summed E-state index contributed by atoms with van der Waals surface area (Å²) in [4.78, 5) is 0. The molecule has 0 fully saturated rings. The average molecular weight is 138 g/mol. The summed E-state index contributed by atoms with van der Waals surface area (Å²) in [6.45, 7) is 1.86. The summed E-state index contributed by atoms with van der Waals surface area (Å²) in [5.41, 5.74) is 5.16. The molecular formula is C7H10N2O. The summed E-state index contributed by atoms with van der Waals surface area (Å²) in [5, 5.41) is 6.96. The van der Waals surface area contributed by atoms with E-state index in [-0.39, 0.29) is 5.84 Å². The van der Waals surface area contributed by atoms with E-state index < -0.39 is 0 Å². The van der Waals surface area contributed by atoms with E-state index in [9.17, 15) is 0 Å². The highest BCUT2D eigenvalue weighted by atomic mass is 16.3. The van der Waals surface area contributed by atoms with E-state index in [1.807, 2.05) is 19.1 Å². The molecule has 1 heterocycles. The van der Waals surface area contributed by atoms with E-state index in [1.165, 1.54) is 0 Å². The molecule has 3 nitrogen and oxygen atoms in total. The van der Waals surface area contributed by atoms with Crippen molar-refractivity contribution in [1.82, 2.24) is 0 Å². The van der Waals surface area contributed by atoms with Gasteiger partial charge in [-0.05, 0) is 19.1 Å². The van der Waals surface area contributed by atoms with Crippen molar-refractivity contribution in [3.8, 4) is 0 Å². The summed E-state index contributed by atoms with van der Waals surface area (Å²) in [6, 6.07) is 3.69. The van der Waals surface area contributed by atoms with E-state index in [0.29, 0.717) is 6.42 Å². The van der Waals surface area contributed by atoms with Gasteiger partial charge in [-0.25, -0.2) is 0 Å². The van der Waals surface area contributed by atoms with E-state index >= 15 is 0 Å². The summed E-state index contributed by atoms with van der Waals surface area (Å²) in [6.07, 6.45) is 0.411. The number of nitrogens with two attached hydrogens (primary N) is 1. The van der Waals surface area contributed by atoms with Gasteiger partial charge in [-0.1, -0.05) is 0 Å². The molecule has 1 rings (SSSR count). The maximum atomic E-state index is 6.96. The van der Waals surface area contributed by atoms with Crippen LogP contribution < -0.4 is 5.73 Å². The molecule has 0 atom stereocenters. The van der Waals surface area contributed by atoms with Crippen LogP contribution in [0.25, 0.3) is 0 Å². The molecule has 0 radical (unpaired) electrons. The van der Waals surface area contributed by atoms with Gasteiger partial charge in [0.05, 0.1) is 12.3 Å². The van der Waals surface area contributed by atoms with E-state index in [2.05, 4.69) is 0 Å². The van der Waals surface area contributed by atoms with Crippen molar-refractivity contribution >= 4 is 5.84 Å². The number of hydrogen-bond donors (Lipinski definition) is 2. The fraction of sp³-hybridized carbons (Fsp3) is 0.286. The zero-order valence-corrected chi connectivity index (χ0v) is 5.85. The second-order valence-corrected chi connectivity index (χ2v) is 2.21. The highest BCUT2D eigenvalue weighted by Crippen LogP contribution is 2.05. The number of rotatable bonds is 2. The lowest BCUT2D eigenvalue weighted by Crippen LogP contribution is -2.11. The van der Waals surface area contributed by atoms with Crippen molar-refractivity contribution in [2.45, 2.75) is 13.3 Å². The van der Waals surface area contributed by atoms with Gasteiger partial charge in [0.1, 0.15) is 11.5 Å². The topological polar surface area (TPSA) is 63.0 Å². The zero-order valence-electron chi connectivity index (χ0n) is 5.85. The Morgan fingerprint density at radius 2 is 2.40 bits per heavy atom. The van der Waals surface area contributed by atoms with Crippen molar-refractivity contribution in [1.29, 1.82) is 5.41 Å². The van der Waals surface area contributed by atoms with Crippen LogP contribution in [0.15, 0.2) is 16.5 Å². The monoisotopic (exact) mass is 138 g/mol. The second kappa shape index (κ2) is 2.56. The van der Waals surface area contributed by atoms with Gasteiger partial charge in [0.2, 0.25) is 0 Å². The summed E-state index contributed by atoms with van der Waals surface area (Å²) < 4.78 is 5.17. The van der Waals surface area contributed by atoms with Crippen LogP contribution in [-0.2, 0) is 6.42 Å². The lowest BCUT2D eigenvalue weighted by Gasteiger charge is -1.91. The SMILES string of the molecule is Cc1ccc(CC(=N)N)o1. The number of furan rings is 1. The zero-order chi connectivity index (χ0) is 7.56. The fourth-order valence-corrected chi connectivity index (χ4v) is 0.768. The molecule has 0 aliphatic rings. The molecule has 10 heavy (non-hydrogen) atoms. The Morgan fingerprint density at radius 1 is 1.70 bits per heavy atom. The predicted octanol–water partition coefficient (Wildman–Crippen LogP) is 1.07. The molecule has 0 unspecified atom stereocenters. The number of amidine groups is 1. The van der Waals surface area contributed by atoms with Crippen molar-refractivity contribution < 1.29 is 4.42 Å². The van der Waals surface area contributed by atoms with E-state index in [1.54, 1.807) is 0 Å². The molecule has 54 valence electrons. The fourth-order valence-electron chi connectivity index (χ4n) is 0.768. The predicted molar refractivity (Wildman–Crippen MR) is 39.1 cm³/mol. The highest BCUT2D eigenvalue weighted by Gasteiger charge is 1.98. The van der Waals surface area contributed by atoms with Crippen LogP contribution in [0.1, 0.15) is 11.5 Å². The van der Waals surface area contributed by atoms with Gasteiger partial charge in [0.25, 0.3) is 0 Å². The lowest BCUT2D eigenvalue weighted by molar-refractivity contribution is 0.497. The first-order valence-corrected chi connectivity index (χ1v) is 3.06. The van der Waals surface area contributed by atoms with Crippen LogP contribution in [0, 0.1) is 12.3 Å². The Balaban J connectivity index is 2.67. The van der Waals surface area contributed by atoms with Crippen LogP contribution in [0.3, 0.4) is 0 Å². The third kappa shape index (κ3) is 1.62. The number of nitrogens with one attached hydrogen (secondary N) is 1. The van der Waals surface area contributed by atoms with E-state index in [4.69, 9.17) is 15.6 Å². The summed E-state index contributed by atoms with van der Waals surface area (Å²) in [7, 11) is 0. The Hall–Kier alpha value is -1.25. The smallest absolute Gasteiger partial charge is 0.111 e. The third-order valence-electron chi connectivity index (χ3n) is 1.16. The Bertz CT molecular complexity index is 240. The van der Waals surface area contributed by atoms with Gasteiger partial charge in [-0.3, -0.25) is 5.41 Å². The molecule has 0 aliphatic heterocycles.